The van der Waals surface area contributed by atoms with Crippen molar-refractivity contribution in [3.63, 3.8) is 0 Å². The van der Waals surface area contributed by atoms with Gasteiger partial charge < -0.3 is 15.1 Å². The zero-order chi connectivity index (χ0) is 15.8. The molecular formula is C17H28N4O. The van der Waals surface area contributed by atoms with Crippen LogP contribution in [-0.2, 0) is 11.2 Å². The highest BCUT2D eigenvalue weighted by Crippen LogP contribution is 2.12. The average Bonchev–Trinajstić information content (AvgIpc) is 2.97. The highest BCUT2D eigenvalue weighted by Gasteiger charge is 2.23. The van der Waals surface area contributed by atoms with Crippen molar-refractivity contribution in [3.8, 4) is 0 Å². The van der Waals surface area contributed by atoms with Gasteiger partial charge in [-0.25, -0.2) is 0 Å². The number of amides is 1. The number of carbonyl (C=O) groups is 1. The Morgan fingerprint density at radius 3 is 2.91 bits per heavy atom. The van der Waals surface area contributed by atoms with Crippen LogP contribution < -0.4 is 5.32 Å². The van der Waals surface area contributed by atoms with Gasteiger partial charge in [0.1, 0.15) is 0 Å². The zero-order valence-corrected chi connectivity index (χ0v) is 13.8. The second-order valence-electron chi connectivity index (χ2n) is 6.24. The predicted octanol–water partition coefficient (Wildman–Crippen LogP) is 1.16. The Labute approximate surface area is 133 Å². The van der Waals surface area contributed by atoms with Crippen molar-refractivity contribution < 1.29 is 4.79 Å². The molecule has 2 heterocycles. The van der Waals surface area contributed by atoms with E-state index in [1.807, 2.05) is 24.5 Å². The van der Waals surface area contributed by atoms with Crippen molar-refractivity contribution in [1.29, 1.82) is 0 Å². The van der Waals surface area contributed by atoms with E-state index in [1.165, 1.54) is 12.0 Å². The standard InChI is InChI=1S/C17H28N4O/c1-20-12-7-16(14-20)21(2)13-8-17(22)19-9-3-4-15-5-10-18-11-6-15/h5-6,10-11,16H,3-4,7-9,12-14H2,1-2H3,(H,19,22)/t16-/m0/s1. The summed E-state index contributed by atoms with van der Waals surface area (Å²) in [5.41, 5.74) is 1.27. The molecule has 0 bridgehead atoms. The fraction of sp³-hybridized carbons (Fsp3) is 0.647. The summed E-state index contributed by atoms with van der Waals surface area (Å²) in [7, 11) is 4.28. The fourth-order valence-corrected chi connectivity index (χ4v) is 2.89. The minimum absolute atomic E-state index is 0.160. The predicted molar refractivity (Wildman–Crippen MR) is 88.7 cm³/mol. The van der Waals surface area contributed by atoms with Crippen LogP contribution in [0.1, 0.15) is 24.8 Å². The van der Waals surface area contributed by atoms with E-state index >= 15 is 0 Å². The van der Waals surface area contributed by atoms with Crippen LogP contribution in [0.5, 0.6) is 0 Å². The molecule has 0 spiro atoms. The molecular weight excluding hydrogens is 276 g/mol. The number of nitrogens with one attached hydrogen (secondary N) is 1. The molecule has 0 aromatic carbocycles. The van der Waals surface area contributed by atoms with Gasteiger partial charge in [0.05, 0.1) is 0 Å². The van der Waals surface area contributed by atoms with E-state index < -0.39 is 0 Å². The maximum absolute atomic E-state index is 11.9. The van der Waals surface area contributed by atoms with Crippen molar-refractivity contribution >= 4 is 5.91 Å². The lowest BCUT2D eigenvalue weighted by Gasteiger charge is -2.23. The number of likely N-dealkylation sites (tertiary alicyclic amines) is 1. The van der Waals surface area contributed by atoms with Crippen molar-refractivity contribution in [1.82, 2.24) is 20.1 Å². The third-order valence-electron chi connectivity index (χ3n) is 4.40. The van der Waals surface area contributed by atoms with E-state index in [0.29, 0.717) is 12.5 Å². The minimum atomic E-state index is 0.160. The molecule has 1 atom stereocenters. The molecule has 5 nitrogen and oxygen atoms in total. The number of carbonyl (C=O) groups excluding carboxylic acids is 1. The molecule has 5 heteroatoms. The number of likely N-dealkylation sites (N-methyl/N-ethyl adjacent to an activating group) is 2. The molecule has 22 heavy (non-hydrogen) atoms. The number of pyridine rings is 1. The van der Waals surface area contributed by atoms with E-state index in [9.17, 15) is 4.79 Å². The first-order chi connectivity index (χ1) is 10.6. The van der Waals surface area contributed by atoms with Crippen LogP contribution in [0.25, 0.3) is 0 Å². The molecule has 122 valence electrons. The molecule has 1 aliphatic heterocycles. The quantitative estimate of drug-likeness (QED) is 0.732. The Morgan fingerprint density at radius 1 is 1.45 bits per heavy atom. The van der Waals surface area contributed by atoms with Gasteiger partial charge in [0, 0.05) is 44.5 Å². The SMILES string of the molecule is CN1CC[C@H](N(C)CCC(=O)NCCCc2ccncc2)C1. The Bertz CT molecular complexity index is 451. The normalized spacial score (nSPS) is 18.8. The average molecular weight is 304 g/mol. The summed E-state index contributed by atoms with van der Waals surface area (Å²) in [5, 5.41) is 3.02. The van der Waals surface area contributed by atoms with Gasteiger partial charge in [0.25, 0.3) is 0 Å². The van der Waals surface area contributed by atoms with Gasteiger partial charge >= 0.3 is 0 Å². The van der Waals surface area contributed by atoms with Crippen LogP contribution >= 0.6 is 0 Å². The van der Waals surface area contributed by atoms with Crippen LogP contribution in [-0.4, -0.2) is 67.0 Å². The molecule has 2 rings (SSSR count). The molecule has 1 N–H and O–H groups in total. The van der Waals surface area contributed by atoms with Gasteiger partial charge in [-0.2, -0.15) is 0 Å². The molecule has 1 aromatic heterocycles. The summed E-state index contributed by atoms with van der Waals surface area (Å²) in [4.78, 5) is 20.5. The van der Waals surface area contributed by atoms with Crippen LogP contribution in [0.3, 0.4) is 0 Å². The lowest BCUT2D eigenvalue weighted by atomic mass is 10.1. The van der Waals surface area contributed by atoms with E-state index in [2.05, 4.69) is 34.2 Å². The first-order valence-electron chi connectivity index (χ1n) is 8.19. The van der Waals surface area contributed by atoms with E-state index in [0.717, 1.165) is 39.0 Å². The van der Waals surface area contributed by atoms with Crippen molar-refractivity contribution in [3.05, 3.63) is 30.1 Å². The number of hydrogen-bond donors (Lipinski definition) is 1. The van der Waals surface area contributed by atoms with Crippen molar-refractivity contribution in [2.45, 2.75) is 31.7 Å². The van der Waals surface area contributed by atoms with Crippen LogP contribution in [0.4, 0.5) is 0 Å². The second-order valence-corrected chi connectivity index (χ2v) is 6.24. The fourth-order valence-electron chi connectivity index (χ4n) is 2.89. The van der Waals surface area contributed by atoms with Gasteiger partial charge in [-0.15, -0.1) is 0 Å². The molecule has 0 saturated carbocycles. The molecule has 1 saturated heterocycles. The Morgan fingerprint density at radius 2 is 2.23 bits per heavy atom. The van der Waals surface area contributed by atoms with Gasteiger partial charge in [0.15, 0.2) is 0 Å². The summed E-state index contributed by atoms with van der Waals surface area (Å²) in [6, 6.07) is 4.65. The zero-order valence-electron chi connectivity index (χ0n) is 13.8. The van der Waals surface area contributed by atoms with Gasteiger partial charge in [-0.05, 0) is 57.6 Å². The molecule has 1 fully saturated rings. The molecule has 0 radical (unpaired) electrons. The lowest BCUT2D eigenvalue weighted by molar-refractivity contribution is -0.121. The summed E-state index contributed by atoms with van der Waals surface area (Å²) in [5.74, 6) is 0.160. The molecule has 1 aliphatic rings. The smallest absolute Gasteiger partial charge is 0.221 e. The molecule has 0 unspecified atom stereocenters. The van der Waals surface area contributed by atoms with Crippen molar-refractivity contribution in [2.75, 3.05) is 40.3 Å². The van der Waals surface area contributed by atoms with E-state index in [4.69, 9.17) is 0 Å². The first-order valence-corrected chi connectivity index (χ1v) is 8.19. The Hall–Kier alpha value is -1.46. The maximum Gasteiger partial charge on any atom is 0.221 e. The monoisotopic (exact) mass is 304 g/mol. The number of nitrogens with zero attached hydrogens (tertiary/aromatic N) is 3. The Kier molecular flexibility index (Phi) is 6.80. The highest BCUT2D eigenvalue weighted by atomic mass is 16.1. The minimum Gasteiger partial charge on any atom is -0.356 e. The third-order valence-corrected chi connectivity index (χ3v) is 4.40. The highest BCUT2D eigenvalue weighted by molar-refractivity contribution is 5.76. The number of aryl methyl sites for hydroxylation is 1. The van der Waals surface area contributed by atoms with Gasteiger partial charge in [0.2, 0.25) is 5.91 Å². The van der Waals surface area contributed by atoms with Crippen LogP contribution in [0.2, 0.25) is 0 Å². The van der Waals surface area contributed by atoms with Crippen LogP contribution in [0.15, 0.2) is 24.5 Å². The molecule has 1 amide bonds. The Balaban J connectivity index is 1.54. The van der Waals surface area contributed by atoms with Crippen LogP contribution in [0, 0.1) is 0 Å². The largest absolute Gasteiger partial charge is 0.356 e. The molecule has 1 aromatic rings. The van der Waals surface area contributed by atoms with Crippen molar-refractivity contribution in [2.24, 2.45) is 0 Å². The summed E-state index contributed by atoms with van der Waals surface area (Å²) in [6.45, 7) is 3.87. The maximum atomic E-state index is 11.9. The number of aromatic nitrogens is 1. The second kappa shape index (κ2) is 8.86. The molecule has 0 aliphatic carbocycles. The lowest BCUT2D eigenvalue weighted by Crippen LogP contribution is -2.37. The first kappa shape index (κ1) is 16.9. The summed E-state index contributed by atoms with van der Waals surface area (Å²) in [6.07, 6.45) is 7.37. The summed E-state index contributed by atoms with van der Waals surface area (Å²) >= 11 is 0. The number of hydrogen-bond acceptors (Lipinski definition) is 4. The van der Waals surface area contributed by atoms with Gasteiger partial charge in [-0.3, -0.25) is 9.78 Å². The number of rotatable bonds is 8. The topological polar surface area (TPSA) is 48.5 Å². The van der Waals surface area contributed by atoms with E-state index in [-0.39, 0.29) is 5.91 Å². The van der Waals surface area contributed by atoms with E-state index in [1.54, 1.807) is 0 Å². The third kappa shape index (κ3) is 5.73. The summed E-state index contributed by atoms with van der Waals surface area (Å²) < 4.78 is 0. The van der Waals surface area contributed by atoms with Gasteiger partial charge in [-0.1, -0.05) is 0 Å².